The van der Waals surface area contributed by atoms with E-state index in [4.69, 9.17) is 4.74 Å². The van der Waals surface area contributed by atoms with Crippen molar-refractivity contribution in [1.82, 2.24) is 14.7 Å². The van der Waals surface area contributed by atoms with Crippen molar-refractivity contribution in [2.45, 2.75) is 54.5 Å². The third-order valence-corrected chi connectivity index (χ3v) is 3.94. The maximum absolute atomic E-state index is 12.1. The maximum Gasteiger partial charge on any atom is 0.310 e. The van der Waals surface area contributed by atoms with Gasteiger partial charge in [-0.1, -0.05) is 26.0 Å². The minimum absolute atomic E-state index is 0.135. The molecule has 0 fully saturated rings. The molecule has 1 aromatic heterocycles. The molecule has 0 saturated carbocycles. The summed E-state index contributed by atoms with van der Waals surface area (Å²) in [5, 5.41) is 4.50. The van der Waals surface area contributed by atoms with Gasteiger partial charge in [0, 0.05) is 30.9 Å². The minimum atomic E-state index is -0.407. The Kier molecular flexibility index (Phi) is 7.87. The molecule has 0 N–H and O–H groups in total. The zero-order valence-corrected chi connectivity index (χ0v) is 16.4. The van der Waals surface area contributed by atoms with Crippen LogP contribution in [0.1, 0.15) is 44.6 Å². The lowest BCUT2D eigenvalue weighted by Gasteiger charge is -2.20. The van der Waals surface area contributed by atoms with Crippen molar-refractivity contribution in [1.29, 1.82) is 0 Å². The number of likely N-dealkylation sites (N-methyl/N-ethyl adjacent to an activating group) is 1. The van der Waals surface area contributed by atoms with E-state index in [1.807, 2.05) is 32.4 Å². The van der Waals surface area contributed by atoms with E-state index in [9.17, 15) is 9.59 Å². The summed E-state index contributed by atoms with van der Waals surface area (Å²) in [5.74, 6) is -0.137. The Labute approximate surface area is 150 Å². The van der Waals surface area contributed by atoms with E-state index in [0.29, 0.717) is 19.0 Å². The molecule has 140 valence electrons. The zero-order chi connectivity index (χ0) is 19.1. The lowest BCUT2D eigenvalue weighted by Crippen LogP contribution is -2.35. The molecule has 25 heavy (non-hydrogen) atoms. The number of hydrogen-bond acceptors (Lipinski definition) is 4. The second-order valence-corrected chi connectivity index (χ2v) is 6.93. The molecular formula is C19H31N3O3. The van der Waals surface area contributed by atoms with Crippen molar-refractivity contribution in [3.8, 4) is 0 Å². The van der Waals surface area contributed by atoms with E-state index in [-0.39, 0.29) is 18.9 Å². The quantitative estimate of drug-likeness (QED) is 0.508. The number of esters is 1. The van der Waals surface area contributed by atoms with Crippen molar-refractivity contribution in [2.75, 3.05) is 19.7 Å². The molecule has 0 aliphatic carbocycles. The number of rotatable bonds is 9. The number of carbonyl (C=O) groups is 2. The Balaban J connectivity index is 2.64. The van der Waals surface area contributed by atoms with Gasteiger partial charge in [-0.3, -0.25) is 14.3 Å². The van der Waals surface area contributed by atoms with Crippen molar-refractivity contribution in [3.05, 3.63) is 29.1 Å². The van der Waals surface area contributed by atoms with E-state index >= 15 is 0 Å². The number of amides is 1. The second-order valence-electron chi connectivity index (χ2n) is 6.93. The summed E-state index contributed by atoms with van der Waals surface area (Å²) < 4.78 is 7.11. The maximum atomic E-state index is 12.1. The summed E-state index contributed by atoms with van der Waals surface area (Å²) in [6, 6.07) is 0. The Hall–Kier alpha value is -2.11. The molecule has 0 aromatic carbocycles. The molecule has 0 saturated heterocycles. The van der Waals surface area contributed by atoms with E-state index in [1.54, 1.807) is 4.90 Å². The number of aryl methyl sites for hydroxylation is 1. The molecule has 1 rings (SSSR count). The summed E-state index contributed by atoms with van der Waals surface area (Å²) in [5.41, 5.74) is 3.59. The predicted molar refractivity (Wildman–Crippen MR) is 98.3 cm³/mol. The van der Waals surface area contributed by atoms with Crippen LogP contribution in [-0.2, 0) is 27.3 Å². The monoisotopic (exact) mass is 349 g/mol. The second kappa shape index (κ2) is 9.39. The number of hydrogen-bond donors (Lipinski definition) is 0. The van der Waals surface area contributed by atoms with Gasteiger partial charge in [-0.05, 0) is 33.6 Å². The molecular weight excluding hydrogens is 318 g/mol. The lowest BCUT2D eigenvalue weighted by atomic mass is 10.1. The van der Waals surface area contributed by atoms with Crippen molar-refractivity contribution in [3.63, 3.8) is 0 Å². The SMILES string of the molecule is C=C(C)CN(CC)C(=O)COC(=O)Cc1c(C)nn(CC(C)C)c1C. The van der Waals surface area contributed by atoms with E-state index in [0.717, 1.165) is 29.1 Å². The first-order chi connectivity index (χ1) is 11.6. The molecule has 0 unspecified atom stereocenters. The summed E-state index contributed by atoms with van der Waals surface area (Å²) in [6.07, 6.45) is 0.135. The highest BCUT2D eigenvalue weighted by molar-refractivity contribution is 5.81. The molecule has 0 bridgehead atoms. The van der Waals surface area contributed by atoms with Gasteiger partial charge >= 0.3 is 5.97 Å². The zero-order valence-electron chi connectivity index (χ0n) is 16.4. The first-order valence-electron chi connectivity index (χ1n) is 8.76. The molecule has 1 amide bonds. The molecule has 0 aliphatic rings. The Morgan fingerprint density at radius 2 is 1.96 bits per heavy atom. The van der Waals surface area contributed by atoms with E-state index in [2.05, 4.69) is 25.5 Å². The molecule has 0 aliphatic heterocycles. The van der Waals surface area contributed by atoms with Crippen LogP contribution in [0.5, 0.6) is 0 Å². The van der Waals surface area contributed by atoms with Gasteiger partial charge in [-0.25, -0.2) is 0 Å². The molecule has 1 heterocycles. The first-order valence-corrected chi connectivity index (χ1v) is 8.76. The van der Waals surface area contributed by atoms with Gasteiger partial charge in [-0.2, -0.15) is 5.10 Å². The fourth-order valence-corrected chi connectivity index (χ4v) is 2.64. The normalized spacial score (nSPS) is 10.8. The highest BCUT2D eigenvalue weighted by Gasteiger charge is 2.18. The Morgan fingerprint density at radius 1 is 1.32 bits per heavy atom. The largest absolute Gasteiger partial charge is 0.455 e. The van der Waals surface area contributed by atoms with E-state index < -0.39 is 5.97 Å². The standard InChI is InChI=1S/C19H31N3O3/c1-8-21(10-13(2)3)18(23)12-25-19(24)9-17-15(6)20-22(16(17)7)11-14(4)5/h14H,2,8-12H2,1,3-7H3. The third kappa shape index (κ3) is 6.36. The van der Waals surface area contributed by atoms with Gasteiger partial charge in [0.1, 0.15) is 0 Å². The summed E-state index contributed by atoms with van der Waals surface area (Å²) >= 11 is 0. The van der Waals surface area contributed by atoms with Crippen LogP contribution in [0.25, 0.3) is 0 Å². The average molecular weight is 349 g/mol. The van der Waals surface area contributed by atoms with Gasteiger partial charge in [-0.15, -0.1) is 0 Å². The van der Waals surface area contributed by atoms with Gasteiger partial charge in [0.25, 0.3) is 5.91 Å². The molecule has 0 atom stereocenters. The number of aromatic nitrogens is 2. The highest BCUT2D eigenvalue weighted by atomic mass is 16.5. The smallest absolute Gasteiger partial charge is 0.310 e. The van der Waals surface area contributed by atoms with Crippen LogP contribution in [0, 0.1) is 19.8 Å². The Bertz CT molecular complexity index is 632. The number of ether oxygens (including phenoxy) is 1. The molecule has 6 nitrogen and oxygen atoms in total. The van der Waals surface area contributed by atoms with Gasteiger partial charge < -0.3 is 9.64 Å². The molecule has 1 aromatic rings. The lowest BCUT2D eigenvalue weighted by molar-refractivity contribution is -0.151. The highest BCUT2D eigenvalue weighted by Crippen LogP contribution is 2.16. The van der Waals surface area contributed by atoms with Crippen LogP contribution >= 0.6 is 0 Å². The number of carbonyl (C=O) groups excluding carboxylic acids is 2. The van der Waals surface area contributed by atoms with E-state index in [1.165, 1.54) is 0 Å². The Morgan fingerprint density at radius 3 is 2.48 bits per heavy atom. The van der Waals surface area contributed by atoms with Gasteiger partial charge in [0.2, 0.25) is 0 Å². The van der Waals surface area contributed by atoms with Gasteiger partial charge in [0.05, 0.1) is 12.1 Å². The summed E-state index contributed by atoms with van der Waals surface area (Å²) in [6.45, 7) is 17.3. The topological polar surface area (TPSA) is 64.4 Å². The minimum Gasteiger partial charge on any atom is -0.455 e. The van der Waals surface area contributed by atoms with Crippen LogP contribution in [-0.4, -0.2) is 46.3 Å². The number of nitrogens with zero attached hydrogens (tertiary/aromatic N) is 3. The molecule has 0 spiro atoms. The van der Waals surface area contributed by atoms with Crippen LogP contribution in [0.4, 0.5) is 0 Å². The van der Waals surface area contributed by atoms with Crippen LogP contribution in [0.15, 0.2) is 12.2 Å². The fourth-order valence-electron chi connectivity index (χ4n) is 2.64. The summed E-state index contributed by atoms with van der Waals surface area (Å²) in [7, 11) is 0. The van der Waals surface area contributed by atoms with Crippen LogP contribution in [0.3, 0.4) is 0 Å². The van der Waals surface area contributed by atoms with Crippen molar-refractivity contribution < 1.29 is 14.3 Å². The summed E-state index contributed by atoms with van der Waals surface area (Å²) in [4.78, 5) is 25.9. The molecule has 0 radical (unpaired) electrons. The van der Waals surface area contributed by atoms with Crippen LogP contribution in [0.2, 0.25) is 0 Å². The third-order valence-electron chi connectivity index (χ3n) is 3.94. The predicted octanol–water partition coefficient (Wildman–Crippen LogP) is 2.67. The average Bonchev–Trinajstić information content (AvgIpc) is 2.77. The first kappa shape index (κ1) is 20.9. The van der Waals surface area contributed by atoms with Crippen molar-refractivity contribution >= 4 is 11.9 Å². The van der Waals surface area contributed by atoms with Crippen LogP contribution < -0.4 is 0 Å². The van der Waals surface area contributed by atoms with Gasteiger partial charge in [0.15, 0.2) is 6.61 Å². The van der Waals surface area contributed by atoms with Crippen molar-refractivity contribution in [2.24, 2.45) is 5.92 Å². The molecule has 6 heteroatoms. The fraction of sp³-hybridized carbons (Fsp3) is 0.632.